The van der Waals surface area contributed by atoms with Crippen molar-refractivity contribution in [1.82, 2.24) is 9.80 Å². The lowest BCUT2D eigenvalue weighted by atomic mass is 10.0. The van der Waals surface area contributed by atoms with Gasteiger partial charge in [0.15, 0.2) is 6.10 Å². The Morgan fingerprint density at radius 3 is 2.60 bits per heavy atom. The standard InChI is InChI=1S/C17H22Cl2N2O4/c1-11(25-14-5-3-4-13(18)16(14)19)17(24)21-8-6-12(7-9-21)20(2)10-15(22)23/h3-5,11-12H,6-10H2,1-2H3,(H,22,23). The third-order valence-electron chi connectivity index (χ3n) is 4.35. The van der Waals surface area contributed by atoms with Gasteiger partial charge in [0.2, 0.25) is 0 Å². The number of halogens is 2. The van der Waals surface area contributed by atoms with Crippen molar-refractivity contribution in [2.75, 3.05) is 26.7 Å². The van der Waals surface area contributed by atoms with Crippen molar-refractivity contribution in [3.63, 3.8) is 0 Å². The number of carbonyl (C=O) groups is 2. The number of nitrogens with zero attached hydrogens (tertiary/aromatic N) is 2. The molecule has 0 spiro atoms. The molecule has 6 nitrogen and oxygen atoms in total. The number of likely N-dealkylation sites (N-methyl/N-ethyl adjacent to an activating group) is 1. The smallest absolute Gasteiger partial charge is 0.317 e. The van der Waals surface area contributed by atoms with Crippen LogP contribution in [0.2, 0.25) is 10.0 Å². The highest BCUT2D eigenvalue weighted by molar-refractivity contribution is 6.42. The second-order valence-corrected chi connectivity index (χ2v) is 6.96. The number of likely N-dealkylation sites (tertiary alicyclic amines) is 1. The summed E-state index contributed by atoms with van der Waals surface area (Å²) in [4.78, 5) is 26.9. The van der Waals surface area contributed by atoms with E-state index in [9.17, 15) is 9.59 Å². The van der Waals surface area contributed by atoms with Crippen LogP contribution in [0.4, 0.5) is 0 Å². The molecule has 1 fully saturated rings. The summed E-state index contributed by atoms with van der Waals surface area (Å²) >= 11 is 12.0. The number of ether oxygens (including phenoxy) is 1. The van der Waals surface area contributed by atoms with Gasteiger partial charge in [0.25, 0.3) is 5.91 Å². The first kappa shape index (κ1) is 19.8. The van der Waals surface area contributed by atoms with Gasteiger partial charge in [-0.25, -0.2) is 0 Å². The SMILES string of the molecule is CC(Oc1cccc(Cl)c1Cl)C(=O)N1CCC(N(C)CC(=O)O)CC1. The highest BCUT2D eigenvalue weighted by Crippen LogP contribution is 2.32. The van der Waals surface area contributed by atoms with Crippen molar-refractivity contribution in [3.8, 4) is 5.75 Å². The number of carboxylic acid groups (broad SMARTS) is 1. The molecule has 0 radical (unpaired) electrons. The van der Waals surface area contributed by atoms with Crippen LogP contribution in [0, 0.1) is 0 Å². The number of amides is 1. The molecule has 1 unspecified atom stereocenters. The van der Waals surface area contributed by atoms with Gasteiger partial charge in [0.1, 0.15) is 10.8 Å². The van der Waals surface area contributed by atoms with E-state index in [1.807, 2.05) is 4.90 Å². The fraction of sp³-hybridized carbons (Fsp3) is 0.529. The number of benzene rings is 1. The van der Waals surface area contributed by atoms with Crippen molar-refractivity contribution in [2.24, 2.45) is 0 Å². The summed E-state index contributed by atoms with van der Waals surface area (Å²) in [6.07, 6.45) is 0.796. The average Bonchev–Trinajstić information content (AvgIpc) is 2.57. The fourth-order valence-electron chi connectivity index (χ4n) is 2.94. The maximum atomic E-state index is 12.6. The summed E-state index contributed by atoms with van der Waals surface area (Å²) in [5.74, 6) is -0.581. The molecule has 25 heavy (non-hydrogen) atoms. The Kier molecular flexibility index (Phi) is 6.93. The van der Waals surface area contributed by atoms with E-state index in [4.69, 9.17) is 33.0 Å². The van der Waals surface area contributed by atoms with E-state index in [2.05, 4.69) is 0 Å². The molecule has 1 aliphatic heterocycles. The first-order chi connectivity index (χ1) is 11.8. The molecule has 0 aliphatic carbocycles. The number of hydrogen-bond donors (Lipinski definition) is 1. The van der Waals surface area contributed by atoms with Gasteiger partial charge in [-0.1, -0.05) is 29.3 Å². The lowest BCUT2D eigenvalue weighted by Crippen LogP contribution is -2.49. The predicted molar refractivity (Wildman–Crippen MR) is 96.4 cm³/mol. The van der Waals surface area contributed by atoms with Crippen LogP contribution < -0.4 is 4.74 Å². The Labute approximate surface area is 157 Å². The molecular weight excluding hydrogens is 367 g/mol. The molecule has 2 rings (SSSR count). The zero-order chi connectivity index (χ0) is 18.6. The van der Waals surface area contributed by atoms with Crippen LogP contribution in [-0.4, -0.2) is 65.6 Å². The van der Waals surface area contributed by atoms with E-state index in [-0.39, 0.29) is 23.5 Å². The molecule has 0 saturated carbocycles. The molecule has 0 aromatic heterocycles. The molecule has 1 atom stereocenters. The minimum absolute atomic E-state index is 0.00535. The average molecular weight is 389 g/mol. The van der Waals surface area contributed by atoms with E-state index in [1.165, 1.54) is 0 Å². The number of hydrogen-bond acceptors (Lipinski definition) is 4. The molecule has 138 valence electrons. The van der Waals surface area contributed by atoms with Gasteiger partial charge in [-0.3, -0.25) is 14.5 Å². The van der Waals surface area contributed by atoms with Gasteiger partial charge in [-0.05, 0) is 38.9 Å². The van der Waals surface area contributed by atoms with Crippen molar-refractivity contribution >= 4 is 35.1 Å². The number of rotatable bonds is 6. The number of carbonyl (C=O) groups excluding carboxylic acids is 1. The van der Waals surface area contributed by atoms with Gasteiger partial charge in [0.05, 0.1) is 11.6 Å². The topological polar surface area (TPSA) is 70.1 Å². The third kappa shape index (κ3) is 5.23. The van der Waals surface area contributed by atoms with E-state index in [0.717, 1.165) is 12.8 Å². The molecule has 1 heterocycles. The molecule has 8 heteroatoms. The summed E-state index contributed by atoms with van der Waals surface area (Å²) < 4.78 is 5.67. The van der Waals surface area contributed by atoms with E-state index < -0.39 is 12.1 Å². The van der Waals surface area contributed by atoms with Crippen LogP contribution in [0.15, 0.2) is 18.2 Å². The Balaban J connectivity index is 1.89. The van der Waals surface area contributed by atoms with Gasteiger partial charge in [-0.2, -0.15) is 0 Å². The maximum Gasteiger partial charge on any atom is 0.317 e. The Morgan fingerprint density at radius 1 is 1.36 bits per heavy atom. The van der Waals surface area contributed by atoms with Gasteiger partial charge >= 0.3 is 5.97 Å². The summed E-state index contributed by atoms with van der Waals surface area (Å²) in [6.45, 7) is 2.84. The van der Waals surface area contributed by atoms with Crippen molar-refractivity contribution in [1.29, 1.82) is 0 Å². The Morgan fingerprint density at radius 2 is 2.00 bits per heavy atom. The van der Waals surface area contributed by atoms with E-state index in [0.29, 0.717) is 23.9 Å². The minimum Gasteiger partial charge on any atom is -0.480 e. The first-order valence-corrected chi connectivity index (χ1v) is 8.86. The zero-order valence-electron chi connectivity index (χ0n) is 14.2. The largest absolute Gasteiger partial charge is 0.480 e. The van der Waals surface area contributed by atoms with Crippen LogP contribution >= 0.6 is 23.2 Å². The molecule has 1 aromatic carbocycles. The Hall–Kier alpha value is -1.50. The molecule has 1 saturated heterocycles. The van der Waals surface area contributed by atoms with Gasteiger partial charge in [0, 0.05) is 19.1 Å². The van der Waals surface area contributed by atoms with Gasteiger partial charge in [-0.15, -0.1) is 0 Å². The summed E-state index contributed by atoms with van der Waals surface area (Å²) in [7, 11) is 1.79. The number of aliphatic carboxylic acids is 1. The molecular formula is C17H22Cl2N2O4. The van der Waals surface area contributed by atoms with Crippen LogP contribution in [-0.2, 0) is 9.59 Å². The normalized spacial score (nSPS) is 16.8. The lowest BCUT2D eigenvalue weighted by molar-refractivity contribution is -0.141. The van der Waals surface area contributed by atoms with Crippen molar-refractivity contribution < 1.29 is 19.4 Å². The van der Waals surface area contributed by atoms with E-state index in [1.54, 1.807) is 37.1 Å². The van der Waals surface area contributed by atoms with Crippen LogP contribution in [0.25, 0.3) is 0 Å². The number of carboxylic acids is 1. The monoisotopic (exact) mass is 388 g/mol. The molecule has 1 aromatic rings. The summed E-state index contributed by atoms with van der Waals surface area (Å²) in [5, 5.41) is 9.53. The molecule has 1 amide bonds. The van der Waals surface area contributed by atoms with Crippen LogP contribution in [0.1, 0.15) is 19.8 Å². The molecule has 0 bridgehead atoms. The lowest BCUT2D eigenvalue weighted by Gasteiger charge is -2.37. The highest BCUT2D eigenvalue weighted by atomic mass is 35.5. The van der Waals surface area contributed by atoms with Crippen molar-refractivity contribution in [3.05, 3.63) is 28.2 Å². The van der Waals surface area contributed by atoms with Gasteiger partial charge < -0.3 is 14.7 Å². The Bertz CT molecular complexity index is 633. The second kappa shape index (κ2) is 8.74. The van der Waals surface area contributed by atoms with E-state index >= 15 is 0 Å². The molecule has 1 N–H and O–H groups in total. The van der Waals surface area contributed by atoms with Crippen LogP contribution in [0.3, 0.4) is 0 Å². The highest BCUT2D eigenvalue weighted by Gasteiger charge is 2.29. The van der Waals surface area contributed by atoms with Crippen LogP contribution in [0.5, 0.6) is 5.75 Å². The third-order valence-corrected chi connectivity index (χ3v) is 5.15. The minimum atomic E-state index is -0.846. The first-order valence-electron chi connectivity index (χ1n) is 8.11. The maximum absolute atomic E-state index is 12.6. The fourth-order valence-corrected chi connectivity index (χ4v) is 3.28. The second-order valence-electron chi connectivity index (χ2n) is 6.18. The summed E-state index contributed by atoms with van der Waals surface area (Å²) in [6, 6.07) is 5.20. The van der Waals surface area contributed by atoms with Crippen molar-refractivity contribution in [2.45, 2.75) is 31.9 Å². The predicted octanol–water partition coefficient (Wildman–Crippen LogP) is 2.77. The quantitative estimate of drug-likeness (QED) is 0.810. The number of piperidine rings is 1. The summed E-state index contributed by atoms with van der Waals surface area (Å²) in [5.41, 5.74) is 0. The zero-order valence-corrected chi connectivity index (χ0v) is 15.8. The molecule has 1 aliphatic rings.